The summed E-state index contributed by atoms with van der Waals surface area (Å²) in [5.41, 5.74) is 3.05. The van der Waals surface area contributed by atoms with Crippen LogP contribution in [-0.2, 0) is 4.79 Å². The molecule has 0 aliphatic rings. The number of hydrogen-bond donors (Lipinski definition) is 2. The molecule has 0 unspecified atom stereocenters. The lowest BCUT2D eigenvalue weighted by Gasteiger charge is -2.11. The first kappa shape index (κ1) is 16.6. The Morgan fingerprint density at radius 2 is 1.64 bits per heavy atom. The maximum absolute atomic E-state index is 11.9. The van der Waals surface area contributed by atoms with E-state index >= 15 is 0 Å². The summed E-state index contributed by atoms with van der Waals surface area (Å²) >= 11 is 3.38. The lowest BCUT2D eigenvalue weighted by atomic mass is 9.99. The Hall–Kier alpha value is -1.81. The van der Waals surface area contributed by atoms with Gasteiger partial charge in [0, 0.05) is 15.8 Å². The summed E-state index contributed by atoms with van der Waals surface area (Å²) in [5.74, 6) is 0.489. The summed E-state index contributed by atoms with van der Waals surface area (Å²) in [6.07, 6.45) is 1.11. The molecule has 1 atom stereocenters. The van der Waals surface area contributed by atoms with Crippen molar-refractivity contribution in [2.45, 2.75) is 26.2 Å². The molecular formula is C18H21BrN2O. The highest BCUT2D eigenvalue weighted by atomic mass is 79.9. The number of anilines is 2. The first-order valence-electron chi connectivity index (χ1n) is 7.47. The van der Waals surface area contributed by atoms with Crippen LogP contribution in [0.2, 0.25) is 0 Å². The third-order valence-corrected chi connectivity index (χ3v) is 4.20. The van der Waals surface area contributed by atoms with Crippen LogP contribution < -0.4 is 10.6 Å². The van der Waals surface area contributed by atoms with E-state index in [1.165, 1.54) is 5.56 Å². The molecular weight excluding hydrogens is 340 g/mol. The molecule has 0 aliphatic carbocycles. The molecule has 0 saturated carbocycles. The van der Waals surface area contributed by atoms with Gasteiger partial charge in [0.25, 0.3) is 0 Å². The molecule has 0 heterocycles. The minimum Gasteiger partial charge on any atom is -0.376 e. The highest BCUT2D eigenvalue weighted by Gasteiger charge is 2.05. The Kier molecular flexibility index (Phi) is 6.01. The predicted molar refractivity (Wildman–Crippen MR) is 96.4 cm³/mol. The van der Waals surface area contributed by atoms with E-state index in [4.69, 9.17) is 0 Å². The average Bonchev–Trinajstić information content (AvgIpc) is 2.54. The molecule has 0 aromatic heterocycles. The zero-order valence-corrected chi connectivity index (χ0v) is 14.5. The van der Waals surface area contributed by atoms with E-state index in [1.54, 1.807) is 0 Å². The van der Waals surface area contributed by atoms with Gasteiger partial charge in [0.1, 0.15) is 0 Å². The number of nitrogens with one attached hydrogen (secondary N) is 2. The second-order valence-electron chi connectivity index (χ2n) is 5.34. The first-order valence-corrected chi connectivity index (χ1v) is 8.27. The lowest BCUT2D eigenvalue weighted by Crippen LogP contribution is -2.21. The fraction of sp³-hybridized carbons (Fsp3) is 0.278. The highest BCUT2D eigenvalue weighted by Crippen LogP contribution is 2.20. The largest absolute Gasteiger partial charge is 0.376 e. The number of carbonyl (C=O) groups is 1. The molecule has 1 amide bonds. The van der Waals surface area contributed by atoms with Crippen molar-refractivity contribution < 1.29 is 4.79 Å². The second-order valence-corrected chi connectivity index (χ2v) is 6.26. The monoisotopic (exact) mass is 360 g/mol. The quantitative estimate of drug-likeness (QED) is 0.759. The SMILES string of the molecule is CC[C@H](C)c1ccc(NC(=O)CNc2ccc(Br)cc2)cc1. The van der Waals surface area contributed by atoms with Gasteiger partial charge in [-0.25, -0.2) is 0 Å². The van der Waals surface area contributed by atoms with Crippen molar-refractivity contribution in [1.29, 1.82) is 0 Å². The standard InChI is InChI=1S/C18H21BrN2O/c1-3-13(2)14-4-8-17(9-5-14)21-18(22)12-20-16-10-6-15(19)7-11-16/h4-11,13,20H,3,12H2,1-2H3,(H,21,22)/t13-/m0/s1. The zero-order chi connectivity index (χ0) is 15.9. The molecule has 2 rings (SSSR count). The summed E-state index contributed by atoms with van der Waals surface area (Å²) in [6.45, 7) is 4.62. The van der Waals surface area contributed by atoms with Crippen LogP contribution in [0.5, 0.6) is 0 Å². The van der Waals surface area contributed by atoms with Gasteiger partial charge in [-0.3, -0.25) is 4.79 Å². The molecule has 0 saturated heterocycles. The molecule has 0 bridgehead atoms. The number of rotatable bonds is 6. The Labute approximate surface area is 140 Å². The average molecular weight is 361 g/mol. The predicted octanol–water partition coefficient (Wildman–Crippen LogP) is 5.01. The number of benzene rings is 2. The van der Waals surface area contributed by atoms with Crippen LogP contribution in [-0.4, -0.2) is 12.5 Å². The minimum absolute atomic E-state index is 0.0563. The Morgan fingerprint density at radius 1 is 1.05 bits per heavy atom. The maximum atomic E-state index is 11.9. The van der Waals surface area contributed by atoms with Crippen molar-refractivity contribution in [3.63, 3.8) is 0 Å². The van der Waals surface area contributed by atoms with E-state index < -0.39 is 0 Å². The summed E-state index contributed by atoms with van der Waals surface area (Å²) in [4.78, 5) is 11.9. The molecule has 4 heteroatoms. The second kappa shape index (κ2) is 7.99. The van der Waals surface area contributed by atoms with Crippen LogP contribution in [0, 0.1) is 0 Å². The van der Waals surface area contributed by atoms with E-state index in [9.17, 15) is 4.79 Å². The van der Waals surface area contributed by atoms with Crippen LogP contribution in [0.15, 0.2) is 53.0 Å². The molecule has 2 aromatic rings. The topological polar surface area (TPSA) is 41.1 Å². The number of hydrogen-bond acceptors (Lipinski definition) is 2. The van der Waals surface area contributed by atoms with Gasteiger partial charge in [-0.15, -0.1) is 0 Å². The van der Waals surface area contributed by atoms with E-state index in [0.29, 0.717) is 5.92 Å². The Bertz CT molecular complexity index is 608. The van der Waals surface area contributed by atoms with E-state index in [2.05, 4.69) is 52.5 Å². The first-order chi connectivity index (χ1) is 10.6. The van der Waals surface area contributed by atoms with Gasteiger partial charge in [0.15, 0.2) is 0 Å². The Morgan fingerprint density at radius 3 is 2.23 bits per heavy atom. The van der Waals surface area contributed by atoms with Gasteiger partial charge in [0.2, 0.25) is 5.91 Å². The van der Waals surface area contributed by atoms with Gasteiger partial charge in [-0.05, 0) is 54.3 Å². The van der Waals surface area contributed by atoms with E-state index in [1.807, 2.05) is 36.4 Å². The van der Waals surface area contributed by atoms with Crippen LogP contribution in [0.4, 0.5) is 11.4 Å². The molecule has 0 aliphatic heterocycles. The third kappa shape index (κ3) is 4.88. The summed E-state index contributed by atoms with van der Waals surface area (Å²) in [7, 11) is 0. The highest BCUT2D eigenvalue weighted by molar-refractivity contribution is 9.10. The number of amides is 1. The van der Waals surface area contributed by atoms with Gasteiger partial charge >= 0.3 is 0 Å². The van der Waals surface area contributed by atoms with Crippen molar-refractivity contribution in [1.82, 2.24) is 0 Å². The normalized spacial score (nSPS) is 11.8. The van der Waals surface area contributed by atoms with Crippen LogP contribution >= 0.6 is 15.9 Å². The Balaban J connectivity index is 1.85. The molecule has 2 aromatic carbocycles. The van der Waals surface area contributed by atoms with Crippen LogP contribution in [0.3, 0.4) is 0 Å². The number of carbonyl (C=O) groups excluding carboxylic acids is 1. The van der Waals surface area contributed by atoms with Crippen molar-refractivity contribution in [2.75, 3.05) is 17.2 Å². The molecule has 0 fully saturated rings. The van der Waals surface area contributed by atoms with E-state index in [0.717, 1.165) is 22.3 Å². The minimum atomic E-state index is -0.0563. The number of halogens is 1. The van der Waals surface area contributed by atoms with Crippen molar-refractivity contribution in [3.8, 4) is 0 Å². The van der Waals surface area contributed by atoms with Crippen LogP contribution in [0.25, 0.3) is 0 Å². The lowest BCUT2D eigenvalue weighted by molar-refractivity contribution is -0.114. The van der Waals surface area contributed by atoms with E-state index in [-0.39, 0.29) is 12.5 Å². The smallest absolute Gasteiger partial charge is 0.243 e. The van der Waals surface area contributed by atoms with Crippen molar-refractivity contribution >= 4 is 33.2 Å². The van der Waals surface area contributed by atoms with Gasteiger partial charge < -0.3 is 10.6 Å². The summed E-state index contributed by atoms with van der Waals surface area (Å²) in [6, 6.07) is 15.8. The van der Waals surface area contributed by atoms with Gasteiger partial charge in [-0.2, -0.15) is 0 Å². The molecule has 0 radical (unpaired) electrons. The third-order valence-electron chi connectivity index (χ3n) is 3.67. The van der Waals surface area contributed by atoms with Crippen molar-refractivity contribution in [2.24, 2.45) is 0 Å². The van der Waals surface area contributed by atoms with Crippen LogP contribution in [0.1, 0.15) is 31.7 Å². The molecule has 3 nitrogen and oxygen atoms in total. The van der Waals surface area contributed by atoms with Gasteiger partial charge in [-0.1, -0.05) is 41.9 Å². The summed E-state index contributed by atoms with van der Waals surface area (Å²) in [5, 5.41) is 5.99. The summed E-state index contributed by atoms with van der Waals surface area (Å²) < 4.78 is 1.02. The fourth-order valence-corrected chi connectivity index (χ4v) is 2.35. The molecule has 22 heavy (non-hydrogen) atoms. The van der Waals surface area contributed by atoms with Gasteiger partial charge in [0.05, 0.1) is 6.54 Å². The zero-order valence-electron chi connectivity index (χ0n) is 12.9. The maximum Gasteiger partial charge on any atom is 0.243 e. The van der Waals surface area contributed by atoms with Crippen molar-refractivity contribution in [3.05, 3.63) is 58.6 Å². The fourth-order valence-electron chi connectivity index (χ4n) is 2.09. The molecule has 0 spiro atoms. The molecule has 2 N–H and O–H groups in total. The molecule has 116 valence electrons.